The first kappa shape index (κ1) is 13.9. The van der Waals surface area contributed by atoms with Gasteiger partial charge in [0.25, 0.3) is 0 Å². The molecule has 2 aromatic rings. The molecule has 4 nitrogen and oxygen atoms in total. The lowest BCUT2D eigenvalue weighted by Gasteiger charge is -2.16. The van der Waals surface area contributed by atoms with E-state index in [-0.39, 0.29) is 0 Å². The Balaban J connectivity index is 1.80. The van der Waals surface area contributed by atoms with Crippen LogP contribution in [0.1, 0.15) is 36.5 Å². The Bertz CT molecular complexity index is 669. The van der Waals surface area contributed by atoms with E-state index in [1.54, 1.807) is 12.1 Å². The van der Waals surface area contributed by atoms with E-state index in [1.165, 1.54) is 19.3 Å². The fourth-order valence-electron chi connectivity index (χ4n) is 3.20. The third-order valence-corrected chi connectivity index (χ3v) is 4.55. The number of nitrogens with one attached hydrogen (secondary N) is 1. The predicted octanol–water partition coefficient (Wildman–Crippen LogP) is 3.78. The number of anilines is 1. The summed E-state index contributed by atoms with van der Waals surface area (Å²) in [6.45, 7) is 3.25. The minimum Gasteiger partial charge on any atom is -0.478 e. The lowest BCUT2D eigenvalue weighted by atomic mass is 9.98. The highest BCUT2D eigenvalue weighted by Gasteiger charge is 2.22. The minimum absolute atomic E-state index is 0.302. The van der Waals surface area contributed by atoms with Crippen LogP contribution in [0.3, 0.4) is 0 Å². The fraction of sp³-hybridized carbons (Fsp3) is 0.412. The van der Waals surface area contributed by atoms with Crippen LogP contribution in [0, 0.1) is 11.8 Å². The molecule has 3 rings (SSSR count). The molecule has 0 amide bonds. The summed E-state index contributed by atoms with van der Waals surface area (Å²) in [7, 11) is 0. The summed E-state index contributed by atoms with van der Waals surface area (Å²) in [5, 5.41) is 13.3. The monoisotopic (exact) mass is 284 g/mol. The highest BCUT2D eigenvalue weighted by Crippen LogP contribution is 2.31. The van der Waals surface area contributed by atoms with Crippen LogP contribution in [0.4, 0.5) is 5.82 Å². The second-order valence-electron chi connectivity index (χ2n) is 5.92. The molecule has 1 fully saturated rings. The topological polar surface area (TPSA) is 62.2 Å². The van der Waals surface area contributed by atoms with Crippen LogP contribution >= 0.6 is 0 Å². The first-order valence-electron chi connectivity index (χ1n) is 7.52. The second-order valence-corrected chi connectivity index (χ2v) is 5.92. The average Bonchev–Trinajstić information content (AvgIpc) is 2.89. The lowest BCUT2D eigenvalue weighted by Crippen LogP contribution is -2.17. The first-order valence-corrected chi connectivity index (χ1v) is 7.52. The summed E-state index contributed by atoms with van der Waals surface area (Å²) >= 11 is 0. The zero-order valence-electron chi connectivity index (χ0n) is 12.2. The standard InChI is InChI=1S/C17H20N2O2/c1-11-4-2-5-12(11)10-18-16-9-8-13-14(17(20)21)6-3-7-15(13)19-16/h3,6-9,11-12H,2,4-5,10H2,1H3,(H,18,19)(H,20,21). The van der Waals surface area contributed by atoms with Crippen molar-refractivity contribution in [1.82, 2.24) is 4.98 Å². The molecule has 110 valence electrons. The van der Waals surface area contributed by atoms with Crippen molar-refractivity contribution in [2.75, 3.05) is 11.9 Å². The van der Waals surface area contributed by atoms with Crippen molar-refractivity contribution in [1.29, 1.82) is 0 Å². The number of hydrogen-bond acceptors (Lipinski definition) is 3. The molecule has 1 aromatic carbocycles. The molecule has 1 aromatic heterocycles. The van der Waals surface area contributed by atoms with E-state index in [1.807, 2.05) is 18.2 Å². The number of fused-ring (bicyclic) bond motifs is 1. The molecule has 2 N–H and O–H groups in total. The van der Waals surface area contributed by atoms with Gasteiger partial charge in [0.15, 0.2) is 0 Å². The number of carboxylic acid groups (broad SMARTS) is 1. The zero-order valence-corrected chi connectivity index (χ0v) is 12.2. The molecule has 1 aliphatic carbocycles. The molecule has 2 unspecified atom stereocenters. The normalized spacial score (nSPS) is 21.6. The van der Waals surface area contributed by atoms with Gasteiger partial charge in [-0.25, -0.2) is 9.78 Å². The van der Waals surface area contributed by atoms with Crippen LogP contribution < -0.4 is 5.32 Å². The molecule has 1 heterocycles. The van der Waals surface area contributed by atoms with E-state index >= 15 is 0 Å². The summed E-state index contributed by atoms with van der Waals surface area (Å²) in [6.07, 6.45) is 3.92. The van der Waals surface area contributed by atoms with Gasteiger partial charge >= 0.3 is 5.97 Å². The summed E-state index contributed by atoms with van der Waals surface area (Å²) in [5.74, 6) is 1.40. The molecule has 1 saturated carbocycles. The van der Waals surface area contributed by atoms with E-state index < -0.39 is 5.97 Å². The Morgan fingerprint density at radius 1 is 1.33 bits per heavy atom. The molecule has 0 saturated heterocycles. The maximum atomic E-state index is 11.2. The molecule has 0 aliphatic heterocycles. The summed E-state index contributed by atoms with van der Waals surface area (Å²) < 4.78 is 0. The van der Waals surface area contributed by atoms with Crippen LogP contribution in [-0.4, -0.2) is 22.6 Å². The SMILES string of the molecule is CC1CCCC1CNc1ccc2c(C(=O)O)cccc2n1. The number of carboxylic acids is 1. The van der Waals surface area contributed by atoms with Gasteiger partial charge < -0.3 is 10.4 Å². The number of nitrogens with zero attached hydrogens (tertiary/aromatic N) is 1. The fourth-order valence-corrected chi connectivity index (χ4v) is 3.20. The predicted molar refractivity (Wildman–Crippen MR) is 83.7 cm³/mol. The van der Waals surface area contributed by atoms with Gasteiger partial charge in [-0.05, 0) is 42.5 Å². The van der Waals surface area contributed by atoms with Crippen molar-refractivity contribution in [2.24, 2.45) is 11.8 Å². The van der Waals surface area contributed by atoms with E-state index in [0.29, 0.717) is 16.9 Å². The van der Waals surface area contributed by atoms with Crippen LogP contribution in [-0.2, 0) is 0 Å². The minimum atomic E-state index is -0.914. The van der Waals surface area contributed by atoms with Gasteiger partial charge in [0.2, 0.25) is 0 Å². The lowest BCUT2D eigenvalue weighted by molar-refractivity contribution is 0.0699. The third-order valence-electron chi connectivity index (χ3n) is 4.55. The van der Waals surface area contributed by atoms with Crippen molar-refractivity contribution in [3.05, 3.63) is 35.9 Å². The molecule has 0 radical (unpaired) electrons. The molecule has 21 heavy (non-hydrogen) atoms. The molecular formula is C17H20N2O2. The van der Waals surface area contributed by atoms with Crippen molar-refractivity contribution in [2.45, 2.75) is 26.2 Å². The number of aromatic carboxylic acids is 1. The van der Waals surface area contributed by atoms with E-state index in [0.717, 1.165) is 23.8 Å². The number of hydrogen-bond donors (Lipinski definition) is 2. The summed E-state index contributed by atoms with van der Waals surface area (Å²) in [6, 6.07) is 8.91. The average molecular weight is 284 g/mol. The number of pyridine rings is 1. The molecule has 1 aliphatic rings. The maximum absolute atomic E-state index is 11.2. The number of aromatic nitrogens is 1. The number of rotatable bonds is 4. The van der Waals surface area contributed by atoms with Gasteiger partial charge in [-0.2, -0.15) is 0 Å². The van der Waals surface area contributed by atoms with E-state index in [4.69, 9.17) is 0 Å². The van der Waals surface area contributed by atoms with Crippen LogP contribution in [0.25, 0.3) is 10.9 Å². The Hall–Kier alpha value is -2.10. The highest BCUT2D eigenvalue weighted by atomic mass is 16.4. The van der Waals surface area contributed by atoms with Crippen LogP contribution in [0.15, 0.2) is 30.3 Å². The quantitative estimate of drug-likeness (QED) is 0.897. The van der Waals surface area contributed by atoms with Crippen molar-refractivity contribution >= 4 is 22.7 Å². The highest BCUT2D eigenvalue weighted by molar-refractivity contribution is 6.02. The number of carbonyl (C=O) groups is 1. The van der Waals surface area contributed by atoms with Crippen LogP contribution in [0.5, 0.6) is 0 Å². The third kappa shape index (κ3) is 2.84. The van der Waals surface area contributed by atoms with Gasteiger partial charge in [-0.3, -0.25) is 0 Å². The Morgan fingerprint density at radius 3 is 2.90 bits per heavy atom. The Labute approximate surface area is 124 Å². The van der Waals surface area contributed by atoms with Crippen molar-refractivity contribution < 1.29 is 9.90 Å². The Morgan fingerprint density at radius 2 is 2.19 bits per heavy atom. The smallest absolute Gasteiger partial charge is 0.336 e. The summed E-state index contributed by atoms with van der Waals surface area (Å²) in [4.78, 5) is 15.7. The van der Waals surface area contributed by atoms with Crippen molar-refractivity contribution in [3.8, 4) is 0 Å². The van der Waals surface area contributed by atoms with Gasteiger partial charge in [0.1, 0.15) is 5.82 Å². The van der Waals surface area contributed by atoms with Gasteiger partial charge in [0, 0.05) is 11.9 Å². The van der Waals surface area contributed by atoms with Crippen LogP contribution in [0.2, 0.25) is 0 Å². The van der Waals surface area contributed by atoms with Gasteiger partial charge in [-0.1, -0.05) is 25.8 Å². The largest absolute Gasteiger partial charge is 0.478 e. The van der Waals surface area contributed by atoms with Crippen molar-refractivity contribution in [3.63, 3.8) is 0 Å². The Kier molecular flexibility index (Phi) is 3.78. The van der Waals surface area contributed by atoms with Gasteiger partial charge in [-0.15, -0.1) is 0 Å². The molecular weight excluding hydrogens is 264 g/mol. The number of benzene rings is 1. The molecule has 2 atom stereocenters. The van der Waals surface area contributed by atoms with Gasteiger partial charge in [0.05, 0.1) is 11.1 Å². The second kappa shape index (κ2) is 5.72. The van der Waals surface area contributed by atoms with E-state index in [9.17, 15) is 9.90 Å². The molecule has 0 spiro atoms. The first-order chi connectivity index (χ1) is 10.1. The van der Waals surface area contributed by atoms with E-state index in [2.05, 4.69) is 17.2 Å². The molecule has 0 bridgehead atoms. The molecule has 4 heteroatoms. The summed E-state index contributed by atoms with van der Waals surface area (Å²) in [5.41, 5.74) is 1.02. The zero-order chi connectivity index (χ0) is 14.8. The maximum Gasteiger partial charge on any atom is 0.336 e.